The lowest BCUT2D eigenvalue weighted by Gasteiger charge is -2.24. The molecule has 43 heavy (non-hydrogen) atoms. The number of nitrogens with zero attached hydrogens (tertiary/aromatic N) is 4. The third-order valence-corrected chi connectivity index (χ3v) is 8.46. The second kappa shape index (κ2) is 13.5. The molecule has 3 aromatic carbocycles. The molecule has 0 saturated heterocycles. The van der Waals surface area contributed by atoms with Crippen LogP contribution < -0.4 is 9.04 Å². The van der Waals surface area contributed by atoms with E-state index in [1.807, 2.05) is 45.0 Å². The third-order valence-electron chi connectivity index (χ3n) is 6.64. The molecule has 4 rings (SSSR count). The van der Waals surface area contributed by atoms with E-state index in [0.717, 1.165) is 27.2 Å². The van der Waals surface area contributed by atoms with Crippen LogP contribution in [0.2, 0.25) is 0 Å². The number of nitro groups is 1. The minimum absolute atomic E-state index is 0.170. The Kier molecular flexibility index (Phi) is 9.81. The first-order valence-electron chi connectivity index (χ1n) is 13.7. The molecule has 1 aromatic heterocycles. The van der Waals surface area contributed by atoms with Crippen molar-refractivity contribution in [2.24, 2.45) is 5.92 Å². The molecule has 0 unspecified atom stereocenters. The fourth-order valence-corrected chi connectivity index (χ4v) is 6.00. The molecule has 11 nitrogen and oxygen atoms in total. The van der Waals surface area contributed by atoms with Crippen LogP contribution in [-0.4, -0.2) is 42.8 Å². The molecule has 0 aliphatic carbocycles. The van der Waals surface area contributed by atoms with Gasteiger partial charge in [-0.3, -0.25) is 19.2 Å². The molecule has 0 spiro atoms. The molecule has 0 fully saturated rings. The van der Waals surface area contributed by atoms with Gasteiger partial charge in [-0.1, -0.05) is 56.3 Å². The Labute approximate surface area is 250 Å². The van der Waals surface area contributed by atoms with Gasteiger partial charge in [0, 0.05) is 18.6 Å². The summed E-state index contributed by atoms with van der Waals surface area (Å²) in [7, 11) is -3.13. The molecule has 0 radical (unpaired) electrons. The van der Waals surface area contributed by atoms with Crippen LogP contribution in [0.5, 0.6) is 5.88 Å². The van der Waals surface area contributed by atoms with E-state index >= 15 is 0 Å². The van der Waals surface area contributed by atoms with Crippen LogP contribution >= 0.6 is 0 Å². The van der Waals surface area contributed by atoms with Crippen molar-refractivity contribution in [1.82, 2.24) is 9.78 Å². The van der Waals surface area contributed by atoms with E-state index < -0.39 is 25.5 Å². The van der Waals surface area contributed by atoms with Crippen molar-refractivity contribution in [3.8, 4) is 11.6 Å². The standard InChI is InChI=1S/C31H34N4O7S/c1-22(2)21-42-30-19-25(32-34(30)27-10-6-5-9-23(27)3)20-33(26-16-13-24(14-17-26)15-18-31(36)41-4)43(39,40)29-12-8-7-11-28(29)35(37)38/h5-14,16-17,19,22H,15,18,20-21H2,1-4H3. The molecule has 0 atom stereocenters. The summed E-state index contributed by atoms with van der Waals surface area (Å²) in [5.74, 6) is 0.320. The molecule has 4 aromatic rings. The molecule has 226 valence electrons. The smallest absolute Gasteiger partial charge is 0.305 e. The minimum Gasteiger partial charge on any atom is -0.477 e. The highest BCUT2D eigenvalue weighted by molar-refractivity contribution is 7.93. The monoisotopic (exact) mass is 606 g/mol. The Morgan fingerprint density at radius 3 is 2.37 bits per heavy atom. The quantitative estimate of drug-likeness (QED) is 0.109. The Bertz CT molecular complexity index is 1700. The Morgan fingerprint density at radius 1 is 1.05 bits per heavy atom. The van der Waals surface area contributed by atoms with E-state index in [1.54, 1.807) is 35.0 Å². The minimum atomic E-state index is -4.45. The highest BCUT2D eigenvalue weighted by Crippen LogP contribution is 2.32. The van der Waals surface area contributed by atoms with Gasteiger partial charge in [-0.25, -0.2) is 13.1 Å². The molecule has 0 N–H and O–H groups in total. The zero-order valence-corrected chi connectivity index (χ0v) is 25.3. The van der Waals surface area contributed by atoms with Crippen LogP contribution in [0.3, 0.4) is 0 Å². The summed E-state index contributed by atoms with van der Waals surface area (Å²) in [6.07, 6.45) is 0.574. The van der Waals surface area contributed by atoms with Crippen LogP contribution in [0.25, 0.3) is 5.69 Å². The van der Waals surface area contributed by atoms with Crippen molar-refractivity contribution in [3.05, 3.63) is 106 Å². The molecule has 0 bridgehead atoms. The Morgan fingerprint density at radius 2 is 1.72 bits per heavy atom. The molecule has 0 saturated carbocycles. The van der Waals surface area contributed by atoms with Crippen LogP contribution in [0.15, 0.2) is 83.8 Å². The highest BCUT2D eigenvalue weighted by atomic mass is 32.2. The largest absolute Gasteiger partial charge is 0.477 e. The van der Waals surface area contributed by atoms with Crippen molar-refractivity contribution < 1.29 is 27.6 Å². The van der Waals surface area contributed by atoms with Crippen molar-refractivity contribution in [3.63, 3.8) is 0 Å². The number of rotatable bonds is 13. The maximum Gasteiger partial charge on any atom is 0.305 e. The molecular formula is C31H34N4O7S. The van der Waals surface area contributed by atoms with Crippen molar-refractivity contribution in [2.45, 2.75) is 45.1 Å². The molecular weight excluding hydrogens is 572 g/mol. The first kappa shape index (κ1) is 31.2. The predicted octanol–water partition coefficient (Wildman–Crippen LogP) is 5.62. The van der Waals surface area contributed by atoms with Gasteiger partial charge in [-0.2, -0.15) is 5.10 Å². The van der Waals surface area contributed by atoms with Gasteiger partial charge in [-0.05, 0) is 54.7 Å². The number of aryl methyl sites for hydroxylation is 2. The number of nitro benzene ring substituents is 1. The average Bonchev–Trinajstić information content (AvgIpc) is 3.40. The molecule has 0 aliphatic heterocycles. The lowest BCUT2D eigenvalue weighted by molar-refractivity contribution is -0.387. The van der Waals surface area contributed by atoms with E-state index in [2.05, 4.69) is 0 Å². The van der Waals surface area contributed by atoms with Crippen molar-refractivity contribution >= 4 is 27.4 Å². The fourth-order valence-electron chi connectivity index (χ4n) is 4.40. The predicted molar refractivity (Wildman–Crippen MR) is 162 cm³/mol. The topological polar surface area (TPSA) is 134 Å². The fraction of sp³-hybridized carbons (Fsp3) is 0.290. The first-order chi connectivity index (χ1) is 20.5. The van der Waals surface area contributed by atoms with Crippen LogP contribution in [-0.2, 0) is 32.5 Å². The van der Waals surface area contributed by atoms with E-state index in [-0.39, 0.29) is 30.5 Å². The average molecular weight is 607 g/mol. The van der Waals surface area contributed by atoms with Gasteiger partial charge < -0.3 is 9.47 Å². The molecule has 12 heteroatoms. The SMILES string of the molecule is COC(=O)CCc1ccc(N(Cc2cc(OCC(C)C)n(-c3ccccc3C)n2)S(=O)(=O)c2ccccc2[N+](=O)[O-])cc1. The zero-order valence-electron chi connectivity index (χ0n) is 24.5. The summed E-state index contributed by atoms with van der Waals surface area (Å²) in [5.41, 5.74) is 2.63. The summed E-state index contributed by atoms with van der Waals surface area (Å²) in [6, 6.07) is 21.2. The number of hydrogen-bond acceptors (Lipinski definition) is 8. The number of carbonyl (C=O) groups excluding carboxylic acids is 1. The summed E-state index contributed by atoms with van der Waals surface area (Å²) in [4.78, 5) is 22.2. The summed E-state index contributed by atoms with van der Waals surface area (Å²) in [6.45, 7) is 6.17. The van der Waals surface area contributed by atoms with Gasteiger partial charge in [0.05, 0.1) is 42.3 Å². The number of anilines is 1. The zero-order chi connectivity index (χ0) is 31.1. The van der Waals surface area contributed by atoms with Gasteiger partial charge in [-0.15, -0.1) is 0 Å². The van der Waals surface area contributed by atoms with Crippen LogP contribution in [0, 0.1) is 23.0 Å². The van der Waals surface area contributed by atoms with E-state index in [1.165, 1.54) is 25.3 Å². The second-order valence-electron chi connectivity index (χ2n) is 10.4. The lowest BCUT2D eigenvalue weighted by atomic mass is 10.1. The number of carbonyl (C=O) groups is 1. The van der Waals surface area contributed by atoms with E-state index in [9.17, 15) is 23.3 Å². The van der Waals surface area contributed by atoms with Gasteiger partial charge in [0.15, 0.2) is 4.90 Å². The number of methoxy groups -OCH3 is 1. The summed E-state index contributed by atoms with van der Waals surface area (Å²) < 4.78 is 41.8. The van der Waals surface area contributed by atoms with Crippen LogP contribution in [0.1, 0.15) is 37.1 Å². The lowest BCUT2D eigenvalue weighted by Crippen LogP contribution is -2.31. The first-order valence-corrected chi connectivity index (χ1v) is 15.1. The highest BCUT2D eigenvalue weighted by Gasteiger charge is 2.33. The maximum absolute atomic E-state index is 14.1. The normalized spacial score (nSPS) is 11.4. The number of hydrogen-bond donors (Lipinski definition) is 0. The number of benzene rings is 3. The number of ether oxygens (including phenoxy) is 2. The number of sulfonamides is 1. The summed E-state index contributed by atoms with van der Waals surface area (Å²) >= 11 is 0. The number of para-hydroxylation sites is 2. The van der Waals surface area contributed by atoms with E-state index in [0.29, 0.717) is 24.6 Å². The molecule has 0 amide bonds. The van der Waals surface area contributed by atoms with Gasteiger partial charge in [0.2, 0.25) is 5.88 Å². The van der Waals surface area contributed by atoms with Gasteiger partial charge in [0.25, 0.3) is 15.7 Å². The second-order valence-corrected chi connectivity index (χ2v) is 12.2. The van der Waals surface area contributed by atoms with Crippen molar-refractivity contribution in [2.75, 3.05) is 18.0 Å². The Hall–Kier alpha value is -4.71. The summed E-state index contributed by atoms with van der Waals surface area (Å²) in [5, 5.41) is 16.5. The van der Waals surface area contributed by atoms with Gasteiger partial charge >= 0.3 is 5.97 Å². The van der Waals surface area contributed by atoms with Crippen molar-refractivity contribution in [1.29, 1.82) is 0 Å². The molecule has 1 heterocycles. The maximum atomic E-state index is 14.1. The van der Waals surface area contributed by atoms with Gasteiger partial charge in [0.1, 0.15) is 0 Å². The molecule has 0 aliphatic rings. The van der Waals surface area contributed by atoms with Crippen LogP contribution in [0.4, 0.5) is 11.4 Å². The number of aromatic nitrogens is 2. The third kappa shape index (κ3) is 7.39. The van der Waals surface area contributed by atoms with E-state index in [4.69, 9.17) is 14.6 Å². The number of esters is 1. The Balaban J connectivity index is 1.80.